The number of aliphatic hydroxyl groups excluding tert-OH is 1. The second-order valence-corrected chi connectivity index (χ2v) is 50.5. The Morgan fingerprint density at radius 2 is 0.939 bits per heavy atom. The summed E-state index contributed by atoms with van der Waals surface area (Å²) < 4.78 is 122. The summed E-state index contributed by atoms with van der Waals surface area (Å²) in [5.41, 5.74) is 0.00503. The molecule has 13 aliphatic heterocycles. The first-order chi connectivity index (χ1) is 46.5. The molecule has 0 aromatic heterocycles. The molecule has 13 fully saturated rings. The summed E-state index contributed by atoms with van der Waals surface area (Å²) in [5, 5.41) is 12.5. The molecule has 1 N–H and O–H groups in total. The Morgan fingerprint density at radius 3 is 1.57 bits per heavy atom. The van der Waals surface area contributed by atoms with Gasteiger partial charge < -0.3 is 84.7 Å². The SMILES string of the molecule is CC[Si](CC)(CC)O[C@@H]1C[C@]2(C)O[C@@H]3C[C@@H]4O[C@@H]5C[C@@H]6O[C@@H]7CC[C@@H]8O[C@@H]9C[C@H](O[Si](C)(C)C(C)(C)C)[C@@H](C)O[C@H]9C[C@H]8O[C@@]7(C)C[C@H]6O[C@H]5C[C@H]4O[C@H]3CC[C@H]2O[C@H]1C[C@H]1O[C@H]2C[C@H]3O[C@H]4C[C@H](CCOCc5ccccc5)O[C@@H]4C[C@H](O[Si](C)(C)C(C)(C)C)[C@@H]3O[C@@H]2CC[C@@H]1O. The molecule has 0 bridgehead atoms. The molecule has 556 valence electrons. The predicted molar refractivity (Wildman–Crippen MR) is 379 cm³/mol. The molecule has 0 spiro atoms. The first-order valence-electron chi connectivity index (χ1n) is 39.4. The van der Waals surface area contributed by atoms with Crippen molar-refractivity contribution in [2.24, 2.45) is 0 Å². The summed E-state index contributed by atoms with van der Waals surface area (Å²) >= 11 is 0. The summed E-state index contributed by atoms with van der Waals surface area (Å²) in [5.74, 6) is 0. The van der Waals surface area contributed by atoms with Gasteiger partial charge in [0.1, 0.15) is 6.10 Å². The monoisotopic (exact) mass is 1420 g/mol. The van der Waals surface area contributed by atoms with E-state index >= 15 is 0 Å². The topological polar surface area (TPSA) is 177 Å². The molecule has 0 radical (unpaired) electrons. The number of benzene rings is 1. The molecule has 0 amide bonds. The van der Waals surface area contributed by atoms with Crippen LogP contribution in [0, 0.1) is 0 Å². The quantitative estimate of drug-likeness (QED) is 0.122. The van der Waals surface area contributed by atoms with Crippen LogP contribution >= 0.6 is 0 Å². The Morgan fingerprint density at radius 1 is 0.459 bits per heavy atom. The molecule has 98 heavy (non-hydrogen) atoms. The molecule has 1 aromatic rings. The third kappa shape index (κ3) is 15.3. The van der Waals surface area contributed by atoms with Crippen LogP contribution < -0.4 is 0 Å². The number of hydrogen-bond donors (Lipinski definition) is 1. The van der Waals surface area contributed by atoms with E-state index in [9.17, 15) is 5.11 Å². The molecule has 18 nitrogen and oxygen atoms in total. The highest BCUT2D eigenvalue weighted by molar-refractivity contribution is 6.74. The Hall–Kier alpha value is -0.849. The molecular formula is C77H128O18Si3. The van der Waals surface area contributed by atoms with Crippen molar-refractivity contribution < 1.29 is 84.7 Å². The van der Waals surface area contributed by atoms with Crippen molar-refractivity contribution in [3.63, 3.8) is 0 Å². The highest BCUT2D eigenvalue weighted by Crippen LogP contribution is 2.53. The molecule has 30 atom stereocenters. The van der Waals surface area contributed by atoms with Gasteiger partial charge in [0.05, 0.1) is 183 Å². The van der Waals surface area contributed by atoms with Crippen molar-refractivity contribution in [1.29, 1.82) is 0 Å². The van der Waals surface area contributed by atoms with Crippen LogP contribution in [0.25, 0.3) is 0 Å². The number of rotatable bonds is 16. The van der Waals surface area contributed by atoms with Crippen molar-refractivity contribution in [2.45, 2.75) is 442 Å². The standard InChI is InChI=1S/C77H128O18Si3/c1-17-98(18-2,19-3)95-70-43-77(12)72(89-64(70)35-53-48(78)25-26-49-55(84-53)40-67-73(90-49)68(94-97(15,16)75(8,9)10)41-57-54(86-67)33-47(81-57)31-32-79-44-46-23-21-20-22-24-46)30-28-51-66(92-77)39-62-59(83-51)36-61-60(85-62)37-63-69(87-61)42-76(11)71(88-63)29-27-50-65(91-76)38-56-58(82-50)34-52(45(4)80-56)93-96(13,14)74(5,6)7/h20-24,45,47-73,78H,17-19,25-44H2,1-16H3/t45-,47+,48+,49-,50+,51+,52+,53-,54+,55+,56+,57-,58-,59-,60-,61+,62+,63+,64+,65-,66-,67-,68+,69-,70-,71-,72-,73-,76+,77+/m1/s1. The summed E-state index contributed by atoms with van der Waals surface area (Å²) in [6, 6.07) is 13.4. The summed E-state index contributed by atoms with van der Waals surface area (Å²) in [7, 11) is -6.45. The van der Waals surface area contributed by atoms with Crippen LogP contribution in [0.2, 0.25) is 54.4 Å². The van der Waals surface area contributed by atoms with Gasteiger partial charge in [-0.25, -0.2) is 0 Å². The lowest BCUT2D eigenvalue weighted by atomic mass is 9.80. The number of fused-ring (bicyclic) bond motifs is 11. The maximum atomic E-state index is 12.4. The second kappa shape index (κ2) is 29.0. The van der Waals surface area contributed by atoms with Crippen LogP contribution in [0.3, 0.4) is 0 Å². The van der Waals surface area contributed by atoms with E-state index in [0.717, 1.165) is 95.2 Å². The molecular weight excluding hydrogens is 1300 g/mol. The van der Waals surface area contributed by atoms with E-state index < -0.39 is 48.4 Å². The molecule has 14 rings (SSSR count). The van der Waals surface area contributed by atoms with Gasteiger partial charge in [0, 0.05) is 77.2 Å². The molecule has 0 unspecified atom stereocenters. The predicted octanol–water partition coefficient (Wildman–Crippen LogP) is 13.5. The van der Waals surface area contributed by atoms with Crippen molar-refractivity contribution in [1.82, 2.24) is 0 Å². The maximum Gasteiger partial charge on any atom is 0.192 e. The minimum absolute atomic E-state index is 0.00209. The molecule has 13 heterocycles. The van der Waals surface area contributed by atoms with Crippen LogP contribution in [0.4, 0.5) is 0 Å². The highest BCUT2D eigenvalue weighted by Gasteiger charge is 2.62. The minimum atomic E-state index is -2.26. The average molecular weight is 1430 g/mol. The number of hydrogen-bond acceptors (Lipinski definition) is 18. The van der Waals surface area contributed by atoms with Crippen LogP contribution in [0.15, 0.2) is 30.3 Å². The number of aliphatic hydroxyl groups is 1. The Kier molecular flexibility index (Phi) is 21.9. The van der Waals surface area contributed by atoms with E-state index in [2.05, 4.69) is 134 Å². The first kappa shape index (κ1) is 74.0. The van der Waals surface area contributed by atoms with Gasteiger partial charge >= 0.3 is 0 Å². The first-order valence-corrected chi connectivity index (χ1v) is 47.7. The summed E-state index contributed by atoms with van der Waals surface area (Å²) in [6.07, 6.45) is 8.87. The van der Waals surface area contributed by atoms with Crippen LogP contribution in [-0.2, 0) is 86.2 Å². The van der Waals surface area contributed by atoms with E-state index in [1.54, 1.807) is 0 Å². The normalized spacial score (nSPS) is 46.8. The Balaban J connectivity index is 0.621. The molecule has 0 saturated carbocycles. The van der Waals surface area contributed by atoms with E-state index in [1.807, 2.05) is 6.07 Å². The van der Waals surface area contributed by atoms with Gasteiger partial charge in [-0.3, -0.25) is 0 Å². The third-order valence-electron chi connectivity index (χ3n) is 27.6. The van der Waals surface area contributed by atoms with Crippen LogP contribution in [-0.4, -0.2) is 219 Å². The summed E-state index contributed by atoms with van der Waals surface area (Å²) in [4.78, 5) is 0. The van der Waals surface area contributed by atoms with Crippen molar-refractivity contribution in [2.75, 3.05) is 6.61 Å². The van der Waals surface area contributed by atoms with Gasteiger partial charge in [0.25, 0.3) is 0 Å². The molecule has 0 aliphatic carbocycles. The largest absolute Gasteiger partial charge is 0.411 e. The van der Waals surface area contributed by atoms with Crippen LogP contribution in [0.5, 0.6) is 0 Å². The molecule has 21 heteroatoms. The molecule has 1 aromatic carbocycles. The lowest BCUT2D eigenvalue weighted by Gasteiger charge is -2.56. The summed E-state index contributed by atoms with van der Waals surface area (Å²) in [6.45, 7) is 38.0. The zero-order chi connectivity index (χ0) is 69.1. The fourth-order valence-corrected chi connectivity index (χ4v) is 25.0. The van der Waals surface area contributed by atoms with E-state index in [1.165, 1.54) is 5.56 Å². The van der Waals surface area contributed by atoms with Gasteiger partial charge in [-0.05, 0) is 126 Å². The lowest BCUT2D eigenvalue weighted by molar-refractivity contribution is -0.326. The zero-order valence-corrected chi connectivity index (χ0v) is 65.7. The second-order valence-electron chi connectivity index (χ2n) is 36.2. The zero-order valence-electron chi connectivity index (χ0n) is 62.7. The van der Waals surface area contributed by atoms with Crippen molar-refractivity contribution in [3.05, 3.63) is 35.9 Å². The van der Waals surface area contributed by atoms with Gasteiger partial charge in [-0.1, -0.05) is 92.6 Å². The van der Waals surface area contributed by atoms with E-state index in [0.29, 0.717) is 51.7 Å². The van der Waals surface area contributed by atoms with Crippen LogP contribution in [0.1, 0.15) is 204 Å². The maximum absolute atomic E-state index is 12.4. The van der Waals surface area contributed by atoms with E-state index in [4.69, 9.17) is 79.6 Å². The average Bonchev–Trinajstić information content (AvgIpc) is 1.40. The Bertz CT molecular complexity index is 2800. The Labute approximate surface area is 591 Å². The number of ether oxygens (including phenoxy) is 14. The molecule has 13 saturated heterocycles. The fourth-order valence-electron chi connectivity index (χ4n) is 19.4. The third-order valence-corrected chi connectivity index (χ3v) is 41.3. The smallest absolute Gasteiger partial charge is 0.192 e. The highest BCUT2D eigenvalue weighted by atomic mass is 28.4. The van der Waals surface area contributed by atoms with Gasteiger partial charge in [0.2, 0.25) is 0 Å². The molecule has 13 aliphatic rings. The van der Waals surface area contributed by atoms with Gasteiger partial charge in [-0.15, -0.1) is 0 Å². The minimum Gasteiger partial charge on any atom is -0.411 e. The fraction of sp³-hybridized carbons (Fsp3) is 0.922. The van der Waals surface area contributed by atoms with Gasteiger partial charge in [-0.2, -0.15) is 0 Å². The van der Waals surface area contributed by atoms with Crippen molar-refractivity contribution >= 4 is 25.0 Å². The van der Waals surface area contributed by atoms with E-state index in [-0.39, 0.29) is 169 Å². The van der Waals surface area contributed by atoms with Crippen molar-refractivity contribution in [3.8, 4) is 0 Å². The lowest BCUT2D eigenvalue weighted by Crippen LogP contribution is -2.65. The van der Waals surface area contributed by atoms with Gasteiger partial charge in [0.15, 0.2) is 25.0 Å².